The predicted molar refractivity (Wildman–Crippen MR) is 83.1 cm³/mol. The fourth-order valence-corrected chi connectivity index (χ4v) is 2.58. The lowest BCUT2D eigenvalue weighted by atomic mass is 10.1. The Morgan fingerprint density at radius 1 is 1.06 bits per heavy atom. The van der Waals surface area contributed by atoms with Crippen LogP contribution in [0, 0.1) is 10.5 Å². The third-order valence-electron chi connectivity index (χ3n) is 2.89. The van der Waals surface area contributed by atoms with Gasteiger partial charge in [-0.2, -0.15) is 0 Å². The van der Waals surface area contributed by atoms with Crippen LogP contribution in [-0.4, -0.2) is 13.0 Å². The molecule has 0 aliphatic rings. The summed E-state index contributed by atoms with van der Waals surface area (Å²) >= 11 is 2.24. The third-order valence-corrected chi connectivity index (χ3v) is 3.81. The standard InChI is InChI=1S/C15H14INO/c1-11-7-3-4-8-12(11)15(18)17(2)14-10-6-5-9-13(14)16/h3-10H,1-2H3. The Balaban J connectivity index is 2.36. The minimum atomic E-state index is 0.0252. The van der Waals surface area contributed by atoms with Crippen LogP contribution in [0.1, 0.15) is 15.9 Å². The first-order chi connectivity index (χ1) is 8.61. The van der Waals surface area contributed by atoms with E-state index >= 15 is 0 Å². The normalized spacial score (nSPS) is 10.2. The van der Waals surface area contributed by atoms with Gasteiger partial charge in [0.25, 0.3) is 5.91 Å². The first kappa shape index (κ1) is 13.1. The zero-order valence-electron chi connectivity index (χ0n) is 10.4. The molecule has 0 bridgehead atoms. The minimum Gasteiger partial charge on any atom is -0.310 e. The van der Waals surface area contributed by atoms with Gasteiger partial charge in [-0.3, -0.25) is 4.79 Å². The summed E-state index contributed by atoms with van der Waals surface area (Å²) in [5.41, 5.74) is 2.69. The Bertz CT molecular complexity index is 580. The van der Waals surface area contributed by atoms with Gasteiger partial charge in [-0.25, -0.2) is 0 Å². The predicted octanol–water partition coefficient (Wildman–Crippen LogP) is 3.88. The lowest BCUT2D eigenvalue weighted by Crippen LogP contribution is -2.27. The van der Waals surface area contributed by atoms with Gasteiger partial charge in [0.05, 0.1) is 5.69 Å². The van der Waals surface area contributed by atoms with Crippen LogP contribution in [0.5, 0.6) is 0 Å². The number of anilines is 1. The molecule has 0 aliphatic heterocycles. The summed E-state index contributed by atoms with van der Waals surface area (Å²) in [6, 6.07) is 15.5. The molecule has 2 nitrogen and oxygen atoms in total. The molecule has 0 saturated carbocycles. The molecule has 0 spiro atoms. The highest BCUT2D eigenvalue weighted by Gasteiger charge is 2.16. The van der Waals surface area contributed by atoms with E-state index in [9.17, 15) is 4.79 Å². The second-order valence-corrected chi connectivity index (χ2v) is 5.29. The van der Waals surface area contributed by atoms with Gasteiger partial charge in [0.2, 0.25) is 0 Å². The summed E-state index contributed by atoms with van der Waals surface area (Å²) in [5, 5.41) is 0. The largest absolute Gasteiger partial charge is 0.310 e. The first-order valence-corrected chi connectivity index (χ1v) is 6.77. The zero-order chi connectivity index (χ0) is 13.1. The molecule has 0 heterocycles. The summed E-state index contributed by atoms with van der Waals surface area (Å²) in [5.74, 6) is 0.0252. The number of aryl methyl sites for hydroxylation is 1. The van der Waals surface area contributed by atoms with E-state index in [1.54, 1.807) is 4.90 Å². The van der Waals surface area contributed by atoms with Crippen molar-refractivity contribution in [1.29, 1.82) is 0 Å². The summed E-state index contributed by atoms with van der Waals surface area (Å²) in [6.45, 7) is 1.96. The fourth-order valence-electron chi connectivity index (χ4n) is 1.83. The van der Waals surface area contributed by atoms with Gasteiger partial charge in [0, 0.05) is 16.2 Å². The lowest BCUT2D eigenvalue weighted by Gasteiger charge is -2.19. The maximum absolute atomic E-state index is 12.4. The van der Waals surface area contributed by atoms with Gasteiger partial charge in [0.1, 0.15) is 0 Å². The van der Waals surface area contributed by atoms with Crippen molar-refractivity contribution in [2.45, 2.75) is 6.92 Å². The highest BCUT2D eigenvalue weighted by molar-refractivity contribution is 14.1. The molecule has 0 fully saturated rings. The smallest absolute Gasteiger partial charge is 0.258 e. The van der Waals surface area contributed by atoms with Crippen LogP contribution in [0.15, 0.2) is 48.5 Å². The van der Waals surface area contributed by atoms with Crippen LogP contribution in [-0.2, 0) is 0 Å². The number of hydrogen-bond acceptors (Lipinski definition) is 1. The number of rotatable bonds is 2. The first-order valence-electron chi connectivity index (χ1n) is 5.69. The summed E-state index contributed by atoms with van der Waals surface area (Å²) in [4.78, 5) is 14.1. The number of halogens is 1. The second-order valence-electron chi connectivity index (χ2n) is 4.13. The molecule has 1 amide bonds. The highest BCUT2D eigenvalue weighted by atomic mass is 127. The number of carbonyl (C=O) groups excluding carboxylic acids is 1. The zero-order valence-corrected chi connectivity index (χ0v) is 12.5. The molecule has 0 atom stereocenters. The molecule has 0 radical (unpaired) electrons. The van der Waals surface area contributed by atoms with E-state index in [1.165, 1.54) is 0 Å². The van der Waals surface area contributed by atoms with E-state index < -0.39 is 0 Å². The number of nitrogens with zero attached hydrogens (tertiary/aromatic N) is 1. The molecule has 18 heavy (non-hydrogen) atoms. The van der Waals surface area contributed by atoms with Crippen LogP contribution in [0.3, 0.4) is 0 Å². The number of para-hydroxylation sites is 1. The van der Waals surface area contributed by atoms with E-state index in [0.29, 0.717) is 0 Å². The van der Waals surface area contributed by atoms with Crippen molar-refractivity contribution in [3.8, 4) is 0 Å². The van der Waals surface area contributed by atoms with Crippen molar-refractivity contribution in [1.82, 2.24) is 0 Å². The minimum absolute atomic E-state index is 0.0252. The Morgan fingerprint density at radius 2 is 1.67 bits per heavy atom. The van der Waals surface area contributed by atoms with E-state index in [-0.39, 0.29) is 5.91 Å². The molecule has 0 aliphatic carbocycles. The van der Waals surface area contributed by atoms with E-state index in [4.69, 9.17) is 0 Å². The second kappa shape index (κ2) is 5.52. The fraction of sp³-hybridized carbons (Fsp3) is 0.133. The summed E-state index contributed by atoms with van der Waals surface area (Å²) in [6.07, 6.45) is 0. The van der Waals surface area contributed by atoms with Crippen molar-refractivity contribution >= 4 is 34.2 Å². The van der Waals surface area contributed by atoms with Crippen LogP contribution >= 0.6 is 22.6 Å². The number of amides is 1. The molecule has 2 aromatic rings. The summed E-state index contributed by atoms with van der Waals surface area (Å²) < 4.78 is 1.07. The molecule has 0 saturated heterocycles. The monoisotopic (exact) mass is 351 g/mol. The van der Waals surface area contributed by atoms with Gasteiger partial charge >= 0.3 is 0 Å². The summed E-state index contributed by atoms with van der Waals surface area (Å²) in [7, 11) is 1.81. The van der Waals surface area contributed by atoms with Crippen molar-refractivity contribution in [3.05, 3.63) is 63.2 Å². The van der Waals surface area contributed by atoms with Crippen molar-refractivity contribution in [3.63, 3.8) is 0 Å². The van der Waals surface area contributed by atoms with Gasteiger partial charge in [-0.1, -0.05) is 30.3 Å². The quantitative estimate of drug-likeness (QED) is 0.752. The molecule has 2 aromatic carbocycles. The Kier molecular flexibility index (Phi) is 4.01. The van der Waals surface area contributed by atoms with Crippen molar-refractivity contribution in [2.24, 2.45) is 0 Å². The molecule has 0 N–H and O–H groups in total. The van der Waals surface area contributed by atoms with Crippen LogP contribution < -0.4 is 4.90 Å². The molecular formula is C15H14INO. The average molecular weight is 351 g/mol. The van der Waals surface area contributed by atoms with Gasteiger partial charge < -0.3 is 4.90 Å². The van der Waals surface area contributed by atoms with E-state index in [1.807, 2.05) is 62.5 Å². The maximum atomic E-state index is 12.4. The Labute approximate surface area is 121 Å². The molecular weight excluding hydrogens is 337 g/mol. The van der Waals surface area contributed by atoms with Gasteiger partial charge in [-0.15, -0.1) is 0 Å². The third kappa shape index (κ3) is 2.56. The topological polar surface area (TPSA) is 20.3 Å². The highest BCUT2D eigenvalue weighted by Crippen LogP contribution is 2.23. The number of benzene rings is 2. The average Bonchev–Trinajstić information content (AvgIpc) is 2.38. The number of hydrogen-bond donors (Lipinski definition) is 0. The van der Waals surface area contributed by atoms with Crippen LogP contribution in [0.2, 0.25) is 0 Å². The van der Waals surface area contributed by atoms with E-state index in [2.05, 4.69) is 22.6 Å². The Hall–Kier alpha value is -1.36. The number of carbonyl (C=O) groups is 1. The molecule has 92 valence electrons. The lowest BCUT2D eigenvalue weighted by molar-refractivity contribution is 0.0992. The molecule has 3 heteroatoms. The van der Waals surface area contributed by atoms with Crippen LogP contribution in [0.25, 0.3) is 0 Å². The van der Waals surface area contributed by atoms with Gasteiger partial charge in [0.15, 0.2) is 0 Å². The molecule has 0 aromatic heterocycles. The molecule has 2 rings (SSSR count). The SMILES string of the molecule is Cc1ccccc1C(=O)N(C)c1ccccc1I. The van der Waals surface area contributed by atoms with Crippen molar-refractivity contribution in [2.75, 3.05) is 11.9 Å². The maximum Gasteiger partial charge on any atom is 0.258 e. The van der Waals surface area contributed by atoms with Crippen LogP contribution in [0.4, 0.5) is 5.69 Å². The Morgan fingerprint density at radius 3 is 2.33 bits per heavy atom. The van der Waals surface area contributed by atoms with Crippen molar-refractivity contribution < 1.29 is 4.79 Å². The molecule has 0 unspecified atom stereocenters. The van der Waals surface area contributed by atoms with Gasteiger partial charge in [-0.05, 0) is 53.3 Å². The van der Waals surface area contributed by atoms with E-state index in [0.717, 1.165) is 20.4 Å².